The predicted octanol–water partition coefficient (Wildman–Crippen LogP) is 4.48. The fourth-order valence-electron chi connectivity index (χ4n) is 3.72. The lowest BCUT2D eigenvalue weighted by Crippen LogP contribution is -2.29. The fraction of sp³-hybridized carbons (Fsp3) is 0.125. The molecule has 0 saturated carbocycles. The molecule has 1 unspecified atom stereocenters. The van der Waals surface area contributed by atoms with Crippen LogP contribution in [-0.4, -0.2) is 31.8 Å². The molecule has 31 heavy (non-hydrogen) atoms. The van der Waals surface area contributed by atoms with Crippen molar-refractivity contribution in [1.29, 1.82) is 0 Å². The second kappa shape index (κ2) is 8.35. The van der Waals surface area contributed by atoms with Crippen molar-refractivity contribution in [3.05, 3.63) is 99.3 Å². The molecule has 0 radical (unpaired) electrons. The highest BCUT2D eigenvalue weighted by molar-refractivity contribution is 9.10. The van der Waals surface area contributed by atoms with Crippen LogP contribution in [0.1, 0.15) is 28.3 Å². The van der Waals surface area contributed by atoms with Crippen LogP contribution in [-0.2, 0) is 16.1 Å². The number of halogens is 1. The predicted molar refractivity (Wildman–Crippen MR) is 119 cm³/mol. The maximum Gasteiger partial charge on any atom is 0.295 e. The molecule has 7 heteroatoms. The molecular formula is C24H19BrN2O4. The van der Waals surface area contributed by atoms with Crippen LogP contribution in [0.2, 0.25) is 0 Å². The third-order valence-corrected chi connectivity index (χ3v) is 6.15. The first kappa shape index (κ1) is 20.8. The smallest absolute Gasteiger partial charge is 0.295 e. The van der Waals surface area contributed by atoms with Gasteiger partial charge < -0.3 is 15.1 Å². The zero-order valence-corrected chi connectivity index (χ0v) is 18.2. The van der Waals surface area contributed by atoms with Gasteiger partial charge in [-0.2, -0.15) is 0 Å². The number of rotatable bonds is 4. The summed E-state index contributed by atoms with van der Waals surface area (Å²) in [6, 6.07) is 14.2. The Morgan fingerprint density at radius 1 is 1.10 bits per heavy atom. The summed E-state index contributed by atoms with van der Waals surface area (Å²) >= 11 is 3.43. The van der Waals surface area contributed by atoms with Gasteiger partial charge in [0, 0.05) is 29.0 Å². The number of phenols is 1. The molecule has 4 rings (SSSR count). The van der Waals surface area contributed by atoms with Crippen molar-refractivity contribution in [2.24, 2.45) is 0 Å². The summed E-state index contributed by atoms with van der Waals surface area (Å²) in [6.07, 6.45) is 3.22. The van der Waals surface area contributed by atoms with Crippen molar-refractivity contribution >= 4 is 33.4 Å². The summed E-state index contributed by atoms with van der Waals surface area (Å²) in [5, 5.41) is 21.1. The van der Waals surface area contributed by atoms with Crippen LogP contribution >= 0.6 is 15.9 Å². The van der Waals surface area contributed by atoms with Gasteiger partial charge in [0.15, 0.2) is 0 Å². The molecular weight excluding hydrogens is 460 g/mol. The van der Waals surface area contributed by atoms with Gasteiger partial charge in [-0.05, 0) is 60.0 Å². The Morgan fingerprint density at radius 3 is 2.52 bits per heavy atom. The Bertz CT molecular complexity index is 1210. The summed E-state index contributed by atoms with van der Waals surface area (Å²) < 4.78 is 0.867. The lowest BCUT2D eigenvalue weighted by Gasteiger charge is -2.25. The van der Waals surface area contributed by atoms with Crippen LogP contribution in [0.5, 0.6) is 5.75 Å². The number of carbonyl (C=O) groups excluding carboxylic acids is 2. The van der Waals surface area contributed by atoms with Gasteiger partial charge in [0.1, 0.15) is 11.5 Å². The van der Waals surface area contributed by atoms with E-state index < -0.39 is 17.7 Å². The van der Waals surface area contributed by atoms with Gasteiger partial charge in [-0.3, -0.25) is 14.6 Å². The van der Waals surface area contributed by atoms with Gasteiger partial charge >= 0.3 is 0 Å². The molecule has 6 nitrogen and oxygen atoms in total. The quantitative estimate of drug-likeness (QED) is 0.327. The third kappa shape index (κ3) is 3.96. The number of amides is 1. The molecule has 0 spiro atoms. The second-order valence-corrected chi connectivity index (χ2v) is 8.20. The number of pyridine rings is 1. The van der Waals surface area contributed by atoms with E-state index in [-0.39, 0.29) is 23.6 Å². The Kier molecular flexibility index (Phi) is 5.61. The molecule has 1 fully saturated rings. The van der Waals surface area contributed by atoms with E-state index in [9.17, 15) is 19.8 Å². The summed E-state index contributed by atoms with van der Waals surface area (Å²) in [5.74, 6) is -1.72. The number of aliphatic hydroxyl groups is 1. The Hall–Kier alpha value is -3.45. The van der Waals surface area contributed by atoms with Crippen molar-refractivity contribution < 1.29 is 19.8 Å². The van der Waals surface area contributed by atoms with E-state index in [1.54, 1.807) is 54.9 Å². The number of aliphatic hydroxyl groups excluding tert-OH is 1. The van der Waals surface area contributed by atoms with Crippen LogP contribution in [0, 0.1) is 6.92 Å². The average Bonchev–Trinajstić information content (AvgIpc) is 3.01. The molecule has 1 aliphatic heterocycles. The minimum atomic E-state index is -0.843. The summed E-state index contributed by atoms with van der Waals surface area (Å²) in [5.41, 5.74) is 2.63. The Balaban J connectivity index is 1.88. The zero-order valence-electron chi connectivity index (χ0n) is 16.6. The first-order valence-electron chi connectivity index (χ1n) is 9.59. The standard InChI is InChI=1S/C24H19BrN2O4/c1-14-11-17(5-6-19(14)25)22(29)20-21(16-3-2-4-18(28)12-16)27(24(31)23(20)30)13-15-7-9-26-10-8-15/h2-12,21,28-29H,13H2,1H3/b22-20-. The molecule has 1 aromatic heterocycles. The van der Waals surface area contributed by atoms with E-state index in [2.05, 4.69) is 20.9 Å². The molecule has 2 heterocycles. The maximum atomic E-state index is 13.0. The number of phenolic OH excluding ortho intramolecular Hbond substituents is 1. The second-order valence-electron chi connectivity index (χ2n) is 7.34. The van der Waals surface area contributed by atoms with Gasteiger partial charge in [-0.15, -0.1) is 0 Å². The van der Waals surface area contributed by atoms with Crippen LogP contribution in [0.4, 0.5) is 0 Å². The molecule has 2 aromatic carbocycles. The molecule has 1 saturated heterocycles. The normalized spacial score (nSPS) is 17.9. The van der Waals surface area contributed by atoms with Crippen molar-refractivity contribution in [2.45, 2.75) is 19.5 Å². The van der Waals surface area contributed by atoms with E-state index in [4.69, 9.17) is 0 Å². The van der Waals surface area contributed by atoms with E-state index >= 15 is 0 Å². The van der Waals surface area contributed by atoms with Gasteiger partial charge in [0.25, 0.3) is 11.7 Å². The summed E-state index contributed by atoms with van der Waals surface area (Å²) in [7, 11) is 0. The third-order valence-electron chi connectivity index (χ3n) is 5.26. The number of benzene rings is 2. The number of aryl methyl sites for hydroxylation is 1. The number of nitrogens with zero attached hydrogens (tertiary/aromatic N) is 2. The van der Waals surface area contributed by atoms with Crippen molar-refractivity contribution in [3.63, 3.8) is 0 Å². The number of likely N-dealkylation sites (tertiary alicyclic amines) is 1. The maximum absolute atomic E-state index is 13.0. The fourth-order valence-corrected chi connectivity index (χ4v) is 3.96. The van der Waals surface area contributed by atoms with Crippen molar-refractivity contribution in [1.82, 2.24) is 9.88 Å². The van der Waals surface area contributed by atoms with E-state index in [0.717, 1.165) is 15.6 Å². The molecule has 0 bridgehead atoms. The van der Waals surface area contributed by atoms with Gasteiger partial charge in [0.2, 0.25) is 0 Å². The van der Waals surface area contributed by atoms with E-state index in [0.29, 0.717) is 11.1 Å². The van der Waals surface area contributed by atoms with Gasteiger partial charge in [0.05, 0.1) is 11.6 Å². The molecule has 1 atom stereocenters. The lowest BCUT2D eigenvalue weighted by molar-refractivity contribution is -0.140. The molecule has 156 valence electrons. The topological polar surface area (TPSA) is 90.7 Å². The average molecular weight is 479 g/mol. The number of hydrogen-bond acceptors (Lipinski definition) is 5. The largest absolute Gasteiger partial charge is 0.508 e. The first-order chi connectivity index (χ1) is 14.9. The molecule has 2 N–H and O–H groups in total. The SMILES string of the molecule is Cc1cc(/C(O)=C2/C(=O)C(=O)N(Cc3ccncc3)C2c2cccc(O)c2)ccc1Br. The number of carbonyl (C=O) groups is 2. The van der Waals surface area contributed by atoms with E-state index in [1.807, 2.05) is 6.92 Å². The monoisotopic (exact) mass is 478 g/mol. The van der Waals surface area contributed by atoms with Gasteiger partial charge in [-0.1, -0.05) is 34.1 Å². The number of hydrogen-bond donors (Lipinski definition) is 2. The van der Waals surface area contributed by atoms with Crippen LogP contribution in [0.15, 0.2) is 77.0 Å². The van der Waals surface area contributed by atoms with Gasteiger partial charge in [-0.25, -0.2) is 0 Å². The summed E-state index contributed by atoms with van der Waals surface area (Å²) in [6.45, 7) is 2.03. The lowest BCUT2D eigenvalue weighted by atomic mass is 9.94. The molecule has 1 aliphatic rings. The Morgan fingerprint density at radius 2 is 1.84 bits per heavy atom. The van der Waals surface area contributed by atoms with Crippen LogP contribution in [0.3, 0.4) is 0 Å². The highest BCUT2D eigenvalue weighted by Gasteiger charge is 2.46. The van der Waals surface area contributed by atoms with E-state index in [1.165, 1.54) is 17.0 Å². The first-order valence-corrected chi connectivity index (χ1v) is 10.4. The number of Topliss-reactive ketones (excluding diaryl/α,β-unsaturated/α-hetero) is 1. The number of ketones is 1. The molecule has 1 amide bonds. The number of aromatic nitrogens is 1. The van der Waals surface area contributed by atoms with Crippen LogP contribution in [0.25, 0.3) is 5.76 Å². The number of aromatic hydroxyl groups is 1. The molecule has 0 aliphatic carbocycles. The highest BCUT2D eigenvalue weighted by atomic mass is 79.9. The Labute approximate surface area is 187 Å². The van der Waals surface area contributed by atoms with Crippen LogP contribution < -0.4 is 0 Å². The molecule has 3 aromatic rings. The summed E-state index contributed by atoms with van der Waals surface area (Å²) in [4.78, 5) is 31.4. The highest BCUT2D eigenvalue weighted by Crippen LogP contribution is 2.41. The zero-order chi connectivity index (χ0) is 22.1. The minimum Gasteiger partial charge on any atom is -0.508 e. The van der Waals surface area contributed by atoms with Crippen molar-refractivity contribution in [3.8, 4) is 5.75 Å². The minimum absolute atomic E-state index is 0.00600. The van der Waals surface area contributed by atoms with Crippen molar-refractivity contribution in [2.75, 3.05) is 0 Å².